The van der Waals surface area contributed by atoms with E-state index in [4.69, 9.17) is 9.72 Å². The van der Waals surface area contributed by atoms with Crippen LogP contribution in [0.1, 0.15) is 33.6 Å². The number of thiazole rings is 1. The number of nitrogens with one attached hydrogen (secondary N) is 1. The van der Waals surface area contributed by atoms with E-state index < -0.39 is 0 Å². The van der Waals surface area contributed by atoms with Crippen molar-refractivity contribution >= 4 is 43.8 Å². The van der Waals surface area contributed by atoms with E-state index in [1.807, 2.05) is 30.3 Å². The number of para-hydroxylation sites is 1. The van der Waals surface area contributed by atoms with Gasteiger partial charge in [-0.3, -0.25) is 4.79 Å². The van der Waals surface area contributed by atoms with Gasteiger partial charge in [-0.05, 0) is 67.6 Å². The molecule has 0 aliphatic heterocycles. The Hall–Kier alpha value is -2.70. The molecule has 1 N–H and O–H groups in total. The van der Waals surface area contributed by atoms with Gasteiger partial charge < -0.3 is 10.1 Å². The molecule has 0 fully saturated rings. The number of hydrogen-bond donors (Lipinski definition) is 1. The number of carbonyl (C=O) groups excluding carboxylic acids is 1. The van der Waals surface area contributed by atoms with Crippen LogP contribution in [0.15, 0.2) is 48.5 Å². The minimum Gasteiger partial charge on any atom is -0.497 e. The molecular weight excluding hydrogens is 400 g/mol. The van der Waals surface area contributed by atoms with Crippen molar-refractivity contribution in [2.24, 2.45) is 0 Å². The van der Waals surface area contributed by atoms with Crippen molar-refractivity contribution in [3.8, 4) is 16.3 Å². The third kappa shape index (κ3) is 3.43. The molecule has 4 nitrogen and oxygen atoms in total. The first-order chi connectivity index (χ1) is 14.2. The minimum atomic E-state index is -0.103. The summed E-state index contributed by atoms with van der Waals surface area (Å²) in [6, 6.07) is 15.4. The molecule has 0 saturated heterocycles. The van der Waals surface area contributed by atoms with Crippen LogP contribution in [0.25, 0.3) is 20.8 Å². The van der Waals surface area contributed by atoms with Crippen LogP contribution in [0.2, 0.25) is 0 Å². The van der Waals surface area contributed by atoms with E-state index >= 15 is 0 Å². The number of methoxy groups -OCH3 is 1. The molecule has 1 amide bonds. The first-order valence-corrected chi connectivity index (χ1v) is 11.3. The van der Waals surface area contributed by atoms with Crippen molar-refractivity contribution in [2.45, 2.75) is 25.7 Å². The summed E-state index contributed by atoms with van der Waals surface area (Å²) in [4.78, 5) is 19.2. The number of rotatable bonds is 4. The van der Waals surface area contributed by atoms with Crippen LogP contribution in [0.3, 0.4) is 0 Å². The Labute approximate surface area is 177 Å². The standard InChI is InChI=1S/C23H20N2O2S2/c1-27-15-12-10-14(11-13-15)21(26)25-23-20(16-6-2-4-8-18(16)28-23)22-24-17-7-3-5-9-19(17)29-22/h3,5,7,9-13H,2,4,6,8H2,1H3,(H,25,26). The molecule has 146 valence electrons. The second kappa shape index (κ2) is 7.61. The molecule has 0 atom stereocenters. The largest absolute Gasteiger partial charge is 0.497 e. The highest BCUT2D eigenvalue weighted by Crippen LogP contribution is 2.46. The fourth-order valence-electron chi connectivity index (χ4n) is 3.78. The molecule has 0 radical (unpaired) electrons. The second-order valence-electron chi connectivity index (χ2n) is 7.08. The van der Waals surface area contributed by atoms with Crippen LogP contribution >= 0.6 is 22.7 Å². The van der Waals surface area contributed by atoms with Crippen molar-refractivity contribution in [3.63, 3.8) is 0 Å². The number of amides is 1. The zero-order chi connectivity index (χ0) is 19.8. The molecule has 5 rings (SSSR count). The molecule has 2 aromatic carbocycles. The molecule has 4 aromatic rings. The summed E-state index contributed by atoms with van der Waals surface area (Å²) in [5, 5.41) is 5.08. The zero-order valence-corrected chi connectivity index (χ0v) is 17.7. The molecule has 1 aliphatic rings. The Morgan fingerprint density at radius 3 is 2.62 bits per heavy atom. The normalized spacial score (nSPS) is 13.3. The topological polar surface area (TPSA) is 51.2 Å². The van der Waals surface area contributed by atoms with Crippen LogP contribution in [0.5, 0.6) is 5.75 Å². The van der Waals surface area contributed by atoms with E-state index in [9.17, 15) is 4.79 Å². The van der Waals surface area contributed by atoms with Crippen molar-refractivity contribution in [3.05, 3.63) is 64.5 Å². The van der Waals surface area contributed by atoms with Gasteiger partial charge in [-0.15, -0.1) is 22.7 Å². The maximum atomic E-state index is 12.9. The molecule has 0 saturated carbocycles. The molecule has 0 spiro atoms. The third-order valence-electron chi connectivity index (χ3n) is 5.26. The quantitative estimate of drug-likeness (QED) is 0.430. The monoisotopic (exact) mass is 420 g/mol. The number of benzene rings is 2. The number of aromatic nitrogens is 1. The van der Waals surface area contributed by atoms with Crippen LogP contribution < -0.4 is 10.1 Å². The summed E-state index contributed by atoms with van der Waals surface area (Å²) in [7, 11) is 1.62. The highest BCUT2D eigenvalue weighted by Gasteiger charge is 2.25. The predicted molar refractivity (Wildman–Crippen MR) is 121 cm³/mol. The van der Waals surface area contributed by atoms with E-state index in [1.165, 1.54) is 28.0 Å². The number of anilines is 1. The number of aryl methyl sites for hydroxylation is 1. The summed E-state index contributed by atoms with van der Waals surface area (Å²) < 4.78 is 6.36. The number of thiophene rings is 1. The summed E-state index contributed by atoms with van der Waals surface area (Å²) >= 11 is 3.40. The van der Waals surface area contributed by atoms with Crippen LogP contribution in [-0.4, -0.2) is 18.0 Å². The van der Waals surface area contributed by atoms with Gasteiger partial charge in [0.2, 0.25) is 0 Å². The van der Waals surface area contributed by atoms with Gasteiger partial charge in [-0.2, -0.15) is 0 Å². The van der Waals surface area contributed by atoms with Gasteiger partial charge in [0.25, 0.3) is 5.91 Å². The van der Waals surface area contributed by atoms with Gasteiger partial charge >= 0.3 is 0 Å². The molecular formula is C23H20N2O2S2. The van der Waals surface area contributed by atoms with E-state index in [0.717, 1.165) is 39.7 Å². The predicted octanol–water partition coefficient (Wildman–Crippen LogP) is 6.16. The number of hydrogen-bond acceptors (Lipinski definition) is 5. The van der Waals surface area contributed by atoms with Gasteiger partial charge in [0.1, 0.15) is 15.8 Å². The SMILES string of the molecule is COc1ccc(C(=O)Nc2sc3c(c2-c2nc4ccccc4s2)CCCC3)cc1. The fourth-order valence-corrected chi connectivity index (χ4v) is 6.17. The van der Waals surface area contributed by atoms with Gasteiger partial charge in [0, 0.05) is 16.0 Å². The zero-order valence-electron chi connectivity index (χ0n) is 16.0. The summed E-state index contributed by atoms with van der Waals surface area (Å²) in [5.41, 5.74) is 4.11. The molecule has 29 heavy (non-hydrogen) atoms. The van der Waals surface area contributed by atoms with Crippen molar-refractivity contribution < 1.29 is 9.53 Å². The third-order valence-corrected chi connectivity index (χ3v) is 7.52. The number of nitrogens with zero attached hydrogens (tertiary/aromatic N) is 1. The average Bonchev–Trinajstić information content (AvgIpc) is 3.34. The Balaban J connectivity index is 1.55. The first kappa shape index (κ1) is 18.3. The van der Waals surface area contributed by atoms with E-state index in [-0.39, 0.29) is 5.91 Å². The lowest BCUT2D eigenvalue weighted by Gasteiger charge is -2.11. The smallest absolute Gasteiger partial charge is 0.256 e. The average molecular weight is 421 g/mol. The number of carbonyl (C=O) groups is 1. The summed E-state index contributed by atoms with van der Waals surface area (Å²) in [6.45, 7) is 0. The summed E-state index contributed by atoms with van der Waals surface area (Å²) in [6.07, 6.45) is 4.53. The molecule has 2 aromatic heterocycles. The van der Waals surface area contributed by atoms with E-state index in [2.05, 4.69) is 11.4 Å². The van der Waals surface area contributed by atoms with Gasteiger partial charge in [0.05, 0.1) is 17.3 Å². The summed E-state index contributed by atoms with van der Waals surface area (Å²) in [5.74, 6) is 0.636. The van der Waals surface area contributed by atoms with Gasteiger partial charge in [-0.1, -0.05) is 12.1 Å². The second-order valence-corrected chi connectivity index (χ2v) is 9.22. The van der Waals surface area contributed by atoms with Gasteiger partial charge in [0.15, 0.2) is 0 Å². The first-order valence-electron chi connectivity index (χ1n) is 9.69. The Morgan fingerprint density at radius 2 is 1.83 bits per heavy atom. The molecule has 2 heterocycles. The molecule has 1 aliphatic carbocycles. The van der Waals surface area contributed by atoms with Gasteiger partial charge in [-0.25, -0.2) is 4.98 Å². The fraction of sp³-hybridized carbons (Fsp3) is 0.217. The van der Waals surface area contributed by atoms with E-state index in [0.29, 0.717) is 5.56 Å². The maximum absolute atomic E-state index is 12.9. The highest BCUT2D eigenvalue weighted by atomic mass is 32.1. The van der Waals surface area contributed by atoms with Crippen molar-refractivity contribution in [1.29, 1.82) is 0 Å². The van der Waals surface area contributed by atoms with Crippen LogP contribution in [0, 0.1) is 0 Å². The highest BCUT2D eigenvalue weighted by molar-refractivity contribution is 7.23. The molecule has 0 unspecified atom stereocenters. The van der Waals surface area contributed by atoms with Crippen LogP contribution in [0.4, 0.5) is 5.00 Å². The maximum Gasteiger partial charge on any atom is 0.256 e. The number of fused-ring (bicyclic) bond motifs is 2. The van der Waals surface area contributed by atoms with Crippen LogP contribution in [-0.2, 0) is 12.8 Å². The molecule has 6 heteroatoms. The van der Waals surface area contributed by atoms with Crippen molar-refractivity contribution in [2.75, 3.05) is 12.4 Å². The minimum absolute atomic E-state index is 0.103. The lowest BCUT2D eigenvalue weighted by Crippen LogP contribution is -2.11. The lowest BCUT2D eigenvalue weighted by molar-refractivity contribution is 0.102. The Kier molecular flexibility index (Phi) is 4.81. The Bertz CT molecular complexity index is 1160. The number of ether oxygens (including phenoxy) is 1. The Morgan fingerprint density at radius 1 is 1.03 bits per heavy atom. The van der Waals surface area contributed by atoms with E-state index in [1.54, 1.807) is 41.9 Å². The lowest BCUT2D eigenvalue weighted by atomic mass is 9.95. The molecule has 0 bridgehead atoms. The van der Waals surface area contributed by atoms with Crippen molar-refractivity contribution in [1.82, 2.24) is 4.98 Å².